The highest BCUT2D eigenvalue weighted by molar-refractivity contribution is 7.73. The van der Waals surface area contributed by atoms with Gasteiger partial charge in [-0.25, -0.2) is 0 Å². The Labute approximate surface area is 120 Å². The van der Waals surface area contributed by atoms with Gasteiger partial charge in [-0.3, -0.25) is 9.56 Å². The van der Waals surface area contributed by atoms with E-state index >= 15 is 0 Å². The first-order chi connectivity index (χ1) is 9.08. The maximum Gasteiger partial charge on any atom is 0.210 e. The fourth-order valence-corrected chi connectivity index (χ4v) is 3.27. The number of rotatable bonds is 1. The van der Waals surface area contributed by atoms with E-state index in [0.29, 0.717) is 3.95 Å². The van der Waals surface area contributed by atoms with Crippen molar-refractivity contribution in [3.05, 3.63) is 38.7 Å². The molecule has 3 nitrogen and oxygen atoms in total. The molecular weight excluding hydrogens is 276 g/mol. The average Bonchev–Trinajstić information content (AvgIpc) is 2.83. The van der Waals surface area contributed by atoms with Gasteiger partial charge in [0.15, 0.2) is 3.95 Å². The summed E-state index contributed by atoms with van der Waals surface area (Å²) in [7, 11) is 1.76. The summed E-state index contributed by atoms with van der Waals surface area (Å²) in [5.74, 6) is 0.208. The Morgan fingerprint density at radius 2 is 2.11 bits per heavy atom. The van der Waals surface area contributed by atoms with E-state index in [1.54, 1.807) is 11.6 Å². The van der Waals surface area contributed by atoms with E-state index in [2.05, 4.69) is 4.99 Å². The van der Waals surface area contributed by atoms with Crippen LogP contribution < -0.4 is 0 Å². The highest BCUT2D eigenvalue weighted by atomic mass is 32.1. The maximum absolute atomic E-state index is 10.0. The van der Waals surface area contributed by atoms with Crippen LogP contribution in [0.1, 0.15) is 17.4 Å². The second-order valence-electron chi connectivity index (χ2n) is 4.39. The molecule has 0 fully saturated rings. The molecule has 0 spiro atoms. The van der Waals surface area contributed by atoms with Crippen molar-refractivity contribution < 1.29 is 5.11 Å². The largest absolute Gasteiger partial charge is 0.493 e. The fourth-order valence-electron chi connectivity index (χ4n) is 2.10. The molecule has 1 aliphatic rings. The lowest BCUT2D eigenvalue weighted by Crippen LogP contribution is -1.90. The molecule has 1 aromatic heterocycles. The van der Waals surface area contributed by atoms with Gasteiger partial charge in [0.1, 0.15) is 0 Å². The molecule has 2 heterocycles. The summed E-state index contributed by atoms with van der Waals surface area (Å²) in [4.78, 5) is 5.30. The Kier molecular flexibility index (Phi) is 2.88. The summed E-state index contributed by atoms with van der Waals surface area (Å²) in [5.41, 5.74) is 4.08. The number of para-hydroxylation sites is 1. The molecule has 96 valence electrons. The quantitative estimate of drug-likeness (QED) is 0.800. The van der Waals surface area contributed by atoms with Crippen LogP contribution in [0.15, 0.2) is 29.3 Å². The molecule has 19 heavy (non-hydrogen) atoms. The predicted molar refractivity (Wildman–Crippen MR) is 82.9 cm³/mol. The zero-order valence-electron chi connectivity index (χ0n) is 10.5. The number of allylic oxidation sites excluding steroid dienone is 1. The Balaban J connectivity index is 2.17. The highest BCUT2D eigenvalue weighted by Gasteiger charge is 2.18. The first-order valence-electron chi connectivity index (χ1n) is 5.83. The molecule has 3 rings (SSSR count). The van der Waals surface area contributed by atoms with E-state index in [-0.39, 0.29) is 5.88 Å². The Hall–Kier alpha value is -1.72. The molecule has 5 heteroatoms. The van der Waals surface area contributed by atoms with E-state index in [1.165, 1.54) is 11.3 Å². The number of benzene rings is 1. The van der Waals surface area contributed by atoms with Gasteiger partial charge in [-0.05, 0) is 31.3 Å². The molecule has 0 saturated heterocycles. The monoisotopic (exact) mass is 288 g/mol. The van der Waals surface area contributed by atoms with Crippen LogP contribution in [0.3, 0.4) is 0 Å². The van der Waals surface area contributed by atoms with Crippen LogP contribution in [0, 0.1) is 3.95 Å². The Morgan fingerprint density at radius 1 is 1.37 bits per heavy atom. The normalized spacial score (nSPS) is 15.7. The Bertz CT molecular complexity index is 781. The van der Waals surface area contributed by atoms with Gasteiger partial charge in [0.25, 0.3) is 0 Å². The van der Waals surface area contributed by atoms with Crippen LogP contribution >= 0.6 is 23.6 Å². The molecule has 0 amide bonds. The van der Waals surface area contributed by atoms with Gasteiger partial charge in [-0.2, -0.15) is 0 Å². The Morgan fingerprint density at radius 3 is 2.79 bits per heavy atom. The second-order valence-corrected chi connectivity index (χ2v) is 6.06. The average molecular weight is 288 g/mol. The molecule has 0 aliphatic carbocycles. The van der Waals surface area contributed by atoms with E-state index in [0.717, 1.165) is 27.4 Å². The molecular formula is C14H12N2OS2. The molecule has 2 aromatic rings. The van der Waals surface area contributed by atoms with Gasteiger partial charge < -0.3 is 5.11 Å². The summed E-state index contributed by atoms with van der Waals surface area (Å²) in [6, 6.07) is 8.00. The highest BCUT2D eigenvalue weighted by Crippen LogP contribution is 2.37. The molecule has 0 radical (unpaired) electrons. The number of aromatic hydroxyl groups is 1. The number of aliphatic imine (C=N–C) groups is 1. The molecule has 0 atom stereocenters. The third-order valence-corrected chi connectivity index (χ3v) is 4.65. The standard InChI is InChI=1S/C14H12N2OS2/c1-8-10(9-5-3-4-6-11(9)15-8)7-12-13(17)16(2)14(18)19-12/h3-7,17H,1-2H3/b10-7+. The second kappa shape index (κ2) is 4.43. The topological polar surface area (TPSA) is 37.5 Å². The van der Waals surface area contributed by atoms with Gasteiger partial charge in [-0.1, -0.05) is 18.2 Å². The van der Waals surface area contributed by atoms with Crippen LogP contribution in [0.25, 0.3) is 11.6 Å². The van der Waals surface area contributed by atoms with Gasteiger partial charge in [0, 0.05) is 23.9 Å². The minimum atomic E-state index is 0.208. The smallest absolute Gasteiger partial charge is 0.210 e. The molecule has 0 unspecified atom stereocenters. The molecule has 0 saturated carbocycles. The van der Waals surface area contributed by atoms with Crippen LogP contribution in [-0.4, -0.2) is 15.4 Å². The van der Waals surface area contributed by atoms with E-state index in [4.69, 9.17) is 12.2 Å². The zero-order valence-corrected chi connectivity index (χ0v) is 12.2. The number of hydrogen-bond acceptors (Lipinski definition) is 4. The van der Waals surface area contributed by atoms with Crippen LogP contribution in [0.2, 0.25) is 0 Å². The van der Waals surface area contributed by atoms with Crippen molar-refractivity contribution in [1.29, 1.82) is 0 Å². The van der Waals surface area contributed by atoms with Crippen molar-refractivity contribution in [3.63, 3.8) is 0 Å². The third kappa shape index (κ3) is 1.95. The van der Waals surface area contributed by atoms with Crippen LogP contribution in [-0.2, 0) is 7.05 Å². The lowest BCUT2D eigenvalue weighted by atomic mass is 10.0. The summed E-state index contributed by atoms with van der Waals surface area (Å²) in [6.45, 7) is 1.98. The van der Waals surface area contributed by atoms with Crippen molar-refractivity contribution in [2.45, 2.75) is 6.92 Å². The van der Waals surface area contributed by atoms with E-state index < -0.39 is 0 Å². The van der Waals surface area contributed by atoms with Crippen molar-refractivity contribution >= 4 is 46.6 Å². The van der Waals surface area contributed by atoms with Crippen LogP contribution in [0.4, 0.5) is 5.69 Å². The van der Waals surface area contributed by atoms with E-state index in [9.17, 15) is 5.11 Å². The molecule has 1 aromatic carbocycles. The van der Waals surface area contributed by atoms with Gasteiger partial charge >= 0.3 is 0 Å². The number of nitrogens with zero attached hydrogens (tertiary/aromatic N) is 2. The first kappa shape index (κ1) is 12.3. The third-order valence-electron chi connectivity index (χ3n) is 3.16. The van der Waals surface area contributed by atoms with Crippen molar-refractivity contribution in [2.75, 3.05) is 0 Å². The minimum absolute atomic E-state index is 0.208. The predicted octanol–water partition coefficient (Wildman–Crippen LogP) is 4.17. The molecule has 0 bridgehead atoms. The van der Waals surface area contributed by atoms with Gasteiger partial charge in [0.2, 0.25) is 5.88 Å². The van der Waals surface area contributed by atoms with Crippen LogP contribution in [0.5, 0.6) is 5.88 Å². The summed E-state index contributed by atoms with van der Waals surface area (Å²) in [6.07, 6.45) is 1.96. The fraction of sp³-hybridized carbons (Fsp3) is 0.143. The SMILES string of the molecule is CC1=Nc2ccccc2/C1=C/c1sc(=S)n(C)c1O. The summed E-state index contributed by atoms with van der Waals surface area (Å²) >= 11 is 6.57. The van der Waals surface area contributed by atoms with E-state index in [1.807, 2.05) is 37.3 Å². The van der Waals surface area contributed by atoms with Gasteiger partial charge in [-0.15, -0.1) is 11.3 Å². The lowest BCUT2D eigenvalue weighted by Gasteiger charge is -2.01. The number of thiazole rings is 1. The molecule has 1 N–H and O–H groups in total. The van der Waals surface area contributed by atoms with Crippen molar-refractivity contribution in [1.82, 2.24) is 4.57 Å². The lowest BCUT2D eigenvalue weighted by molar-refractivity contribution is 0.430. The number of aromatic nitrogens is 1. The van der Waals surface area contributed by atoms with Crippen molar-refractivity contribution in [2.24, 2.45) is 12.0 Å². The van der Waals surface area contributed by atoms with Crippen molar-refractivity contribution in [3.8, 4) is 5.88 Å². The maximum atomic E-state index is 10.0. The summed E-state index contributed by atoms with van der Waals surface area (Å²) in [5, 5.41) is 10.0. The van der Waals surface area contributed by atoms with Gasteiger partial charge in [0.05, 0.1) is 10.6 Å². The summed E-state index contributed by atoms with van der Waals surface area (Å²) < 4.78 is 2.27. The number of hydrogen-bond donors (Lipinski definition) is 1. The molecule has 1 aliphatic heterocycles. The minimum Gasteiger partial charge on any atom is -0.493 e. The number of fused-ring (bicyclic) bond motifs is 1. The first-order valence-corrected chi connectivity index (χ1v) is 7.06. The zero-order chi connectivity index (χ0) is 13.6.